The van der Waals surface area contributed by atoms with E-state index in [1.807, 2.05) is 6.07 Å². The highest BCUT2D eigenvalue weighted by atomic mass is 15.2. The van der Waals surface area contributed by atoms with E-state index in [-0.39, 0.29) is 0 Å². The Morgan fingerprint density at radius 2 is 2.14 bits per heavy atom. The Morgan fingerprint density at radius 3 is 2.71 bits per heavy atom. The minimum atomic E-state index is 0.353. The van der Waals surface area contributed by atoms with Crippen LogP contribution in [0.25, 0.3) is 11.4 Å². The third kappa shape index (κ3) is 1.61. The Balaban J connectivity index is 2.34. The molecular formula is C9H11N5. The summed E-state index contributed by atoms with van der Waals surface area (Å²) in [4.78, 5) is 4.35. The predicted octanol–water partition coefficient (Wildman–Crippen LogP) is 1.39. The van der Waals surface area contributed by atoms with E-state index in [4.69, 9.17) is 0 Å². The standard InChI is InChI=1S/C9H11N5/c1-6(2)8-12-9(14-13-8)7-3-4-10-11-5-7/h3-6H,1-2H3,(H,12,13,14). The third-order valence-corrected chi connectivity index (χ3v) is 1.89. The van der Waals surface area contributed by atoms with E-state index in [9.17, 15) is 0 Å². The lowest BCUT2D eigenvalue weighted by atomic mass is 10.2. The maximum atomic E-state index is 4.35. The van der Waals surface area contributed by atoms with Gasteiger partial charge in [0.1, 0.15) is 5.82 Å². The summed E-state index contributed by atoms with van der Waals surface area (Å²) in [5, 5.41) is 14.5. The second kappa shape index (κ2) is 3.53. The molecule has 0 radical (unpaired) electrons. The lowest BCUT2D eigenvalue weighted by Gasteiger charge is -1.95. The first-order valence-electron chi connectivity index (χ1n) is 4.46. The van der Waals surface area contributed by atoms with Gasteiger partial charge < -0.3 is 0 Å². The lowest BCUT2D eigenvalue weighted by Crippen LogP contribution is -1.89. The van der Waals surface area contributed by atoms with Gasteiger partial charge in [-0.05, 0) is 6.07 Å². The number of nitrogens with zero attached hydrogens (tertiary/aromatic N) is 4. The van der Waals surface area contributed by atoms with Crippen molar-refractivity contribution in [1.82, 2.24) is 25.4 Å². The number of rotatable bonds is 2. The summed E-state index contributed by atoms with van der Waals surface area (Å²) in [6.07, 6.45) is 3.27. The van der Waals surface area contributed by atoms with Crippen LogP contribution in [0.5, 0.6) is 0 Å². The van der Waals surface area contributed by atoms with Crippen LogP contribution in [-0.4, -0.2) is 25.4 Å². The van der Waals surface area contributed by atoms with E-state index in [2.05, 4.69) is 39.2 Å². The average Bonchev–Trinajstić information content (AvgIpc) is 2.68. The molecule has 2 aromatic rings. The largest absolute Gasteiger partial charge is 0.262 e. The molecule has 0 unspecified atom stereocenters. The van der Waals surface area contributed by atoms with Crippen molar-refractivity contribution in [3.63, 3.8) is 0 Å². The molecular weight excluding hydrogens is 178 g/mol. The molecule has 2 aromatic heterocycles. The van der Waals surface area contributed by atoms with Crippen LogP contribution in [0.2, 0.25) is 0 Å². The zero-order valence-electron chi connectivity index (χ0n) is 8.10. The highest BCUT2D eigenvalue weighted by Crippen LogP contribution is 2.15. The Morgan fingerprint density at radius 1 is 1.29 bits per heavy atom. The molecule has 0 saturated carbocycles. The Hall–Kier alpha value is -1.78. The number of aromatic nitrogens is 5. The van der Waals surface area contributed by atoms with E-state index in [0.717, 1.165) is 11.4 Å². The Bertz CT molecular complexity index is 406. The van der Waals surface area contributed by atoms with Crippen LogP contribution < -0.4 is 0 Å². The topological polar surface area (TPSA) is 67.3 Å². The van der Waals surface area contributed by atoms with Gasteiger partial charge in [-0.2, -0.15) is 15.3 Å². The van der Waals surface area contributed by atoms with Crippen molar-refractivity contribution in [2.24, 2.45) is 0 Å². The minimum absolute atomic E-state index is 0.353. The van der Waals surface area contributed by atoms with Crippen LogP contribution in [0.3, 0.4) is 0 Å². The van der Waals surface area contributed by atoms with Crippen LogP contribution >= 0.6 is 0 Å². The first kappa shape index (κ1) is 8.80. The molecule has 0 spiro atoms. The second-order valence-corrected chi connectivity index (χ2v) is 3.33. The molecule has 0 bridgehead atoms. The van der Waals surface area contributed by atoms with Gasteiger partial charge in [0.2, 0.25) is 0 Å². The first-order chi connectivity index (χ1) is 6.77. The van der Waals surface area contributed by atoms with Gasteiger partial charge in [-0.25, -0.2) is 4.98 Å². The molecule has 0 amide bonds. The summed E-state index contributed by atoms with van der Waals surface area (Å²) in [6.45, 7) is 4.13. The molecule has 0 fully saturated rings. The molecule has 14 heavy (non-hydrogen) atoms. The fraction of sp³-hybridized carbons (Fsp3) is 0.333. The summed E-state index contributed by atoms with van der Waals surface area (Å²) in [5.74, 6) is 1.91. The molecule has 72 valence electrons. The van der Waals surface area contributed by atoms with Gasteiger partial charge >= 0.3 is 0 Å². The van der Waals surface area contributed by atoms with E-state index in [1.54, 1.807) is 12.4 Å². The number of hydrogen-bond acceptors (Lipinski definition) is 4. The van der Waals surface area contributed by atoms with Gasteiger partial charge in [-0.1, -0.05) is 13.8 Å². The van der Waals surface area contributed by atoms with Crippen molar-refractivity contribution in [1.29, 1.82) is 0 Å². The first-order valence-corrected chi connectivity index (χ1v) is 4.46. The molecule has 5 nitrogen and oxygen atoms in total. The molecule has 0 saturated heterocycles. The van der Waals surface area contributed by atoms with Crippen molar-refractivity contribution < 1.29 is 0 Å². The maximum Gasteiger partial charge on any atom is 0.182 e. The Kier molecular flexibility index (Phi) is 2.22. The van der Waals surface area contributed by atoms with Crippen LogP contribution in [0, 0.1) is 0 Å². The fourth-order valence-corrected chi connectivity index (χ4v) is 1.08. The van der Waals surface area contributed by atoms with Crippen LogP contribution in [0.15, 0.2) is 18.5 Å². The molecule has 0 aliphatic carbocycles. The van der Waals surface area contributed by atoms with Crippen molar-refractivity contribution in [2.45, 2.75) is 19.8 Å². The normalized spacial score (nSPS) is 10.8. The molecule has 5 heteroatoms. The highest BCUT2D eigenvalue weighted by molar-refractivity contribution is 5.51. The van der Waals surface area contributed by atoms with Gasteiger partial charge in [-0.3, -0.25) is 5.10 Å². The van der Waals surface area contributed by atoms with E-state index in [1.165, 1.54) is 0 Å². The van der Waals surface area contributed by atoms with Gasteiger partial charge in [0.25, 0.3) is 0 Å². The molecule has 0 aliphatic heterocycles. The highest BCUT2D eigenvalue weighted by Gasteiger charge is 2.07. The van der Waals surface area contributed by atoms with Gasteiger partial charge in [0.05, 0.1) is 12.4 Å². The number of hydrogen-bond donors (Lipinski definition) is 1. The summed E-state index contributed by atoms with van der Waals surface area (Å²) >= 11 is 0. The number of nitrogens with one attached hydrogen (secondary N) is 1. The summed E-state index contributed by atoms with van der Waals surface area (Å²) in [5.41, 5.74) is 0.878. The summed E-state index contributed by atoms with van der Waals surface area (Å²) < 4.78 is 0. The van der Waals surface area contributed by atoms with Gasteiger partial charge in [0.15, 0.2) is 5.82 Å². The summed E-state index contributed by atoms with van der Waals surface area (Å²) in [7, 11) is 0. The van der Waals surface area contributed by atoms with Crippen LogP contribution in [0.4, 0.5) is 0 Å². The van der Waals surface area contributed by atoms with Crippen molar-refractivity contribution >= 4 is 0 Å². The van der Waals surface area contributed by atoms with Gasteiger partial charge in [-0.15, -0.1) is 0 Å². The van der Waals surface area contributed by atoms with E-state index < -0.39 is 0 Å². The second-order valence-electron chi connectivity index (χ2n) is 3.33. The molecule has 2 rings (SSSR count). The van der Waals surface area contributed by atoms with Crippen molar-refractivity contribution in [2.75, 3.05) is 0 Å². The minimum Gasteiger partial charge on any atom is -0.262 e. The average molecular weight is 189 g/mol. The van der Waals surface area contributed by atoms with Gasteiger partial charge in [0, 0.05) is 11.5 Å². The van der Waals surface area contributed by atoms with E-state index in [0.29, 0.717) is 11.7 Å². The zero-order valence-corrected chi connectivity index (χ0v) is 8.10. The quantitative estimate of drug-likeness (QED) is 0.775. The monoisotopic (exact) mass is 189 g/mol. The molecule has 0 atom stereocenters. The molecule has 1 N–H and O–H groups in total. The van der Waals surface area contributed by atoms with E-state index >= 15 is 0 Å². The SMILES string of the molecule is CC(C)c1nc(-c2ccnnc2)n[nH]1. The fourth-order valence-electron chi connectivity index (χ4n) is 1.08. The van der Waals surface area contributed by atoms with Crippen molar-refractivity contribution in [3.8, 4) is 11.4 Å². The number of H-pyrrole nitrogens is 1. The smallest absolute Gasteiger partial charge is 0.182 e. The Labute approximate surface area is 81.6 Å². The number of aromatic amines is 1. The maximum absolute atomic E-state index is 4.35. The lowest BCUT2D eigenvalue weighted by molar-refractivity contribution is 0.781. The molecule has 0 aromatic carbocycles. The van der Waals surface area contributed by atoms with Crippen LogP contribution in [-0.2, 0) is 0 Å². The van der Waals surface area contributed by atoms with Crippen LogP contribution in [0.1, 0.15) is 25.6 Å². The molecule has 0 aliphatic rings. The summed E-state index contributed by atoms with van der Waals surface area (Å²) in [6, 6.07) is 1.83. The molecule has 2 heterocycles. The van der Waals surface area contributed by atoms with Crippen molar-refractivity contribution in [3.05, 3.63) is 24.3 Å². The predicted molar refractivity (Wildman–Crippen MR) is 51.5 cm³/mol. The zero-order chi connectivity index (χ0) is 9.97. The third-order valence-electron chi connectivity index (χ3n) is 1.89.